The van der Waals surface area contributed by atoms with Gasteiger partial charge in [-0.15, -0.1) is 0 Å². The van der Waals surface area contributed by atoms with E-state index in [4.69, 9.17) is 10.7 Å². The van der Waals surface area contributed by atoms with Gasteiger partial charge in [-0.25, -0.2) is 0 Å². The summed E-state index contributed by atoms with van der Waals surface area (Å²) in [5, 5.41) is 0. The molecule has 0 aromatic heterocycles. The van der Waals surface area contributed by atoms with Crippen molar-refractivity contribution in [1.82, 2.24) is 4.31 Å². The molecule has 0 aliphatic carbocycles. The van der Waals surface area contributed by atoms with Gasteiger partial charge in [0.05, 0.1) is 0 Å². The average Bonchev–Trinajstić information content (AvgIpc) is 2.34. The summed E-state index contributed by atoms with van der Waals surface area (Å²) < 4.78 is 23.4. The van der Waals surface area contributed by atoms with E-state index < -0.39 is 9.24 Å². The summed E-state index contributed by atoms with van der Waals surface area (Å²) in [7, 11) is 1.80. The van der Waals surface area contributed by atoms with Gasteiger partial charge in [-0.3, -0.25) is 0 Å². The average molecular weight is 212 g/mol. The van der Waals surface area contributed by atoms with Gasteiger partial charge in [-0.1, -0.05) is 13.3 Å². The van der Waals surface area contributed by atoms with E-state index in [9.17, 15) is 8.42 Å². The summed E-state index contributed by atoms with van der Waals surface area (Å²) in [6.07, 6.45) is 3.83. The van der Waals surface area contributed by atoms with Gasteiger partial charge < -0.3 is 0 Å². The maximum atomic E-state index is 11.0. The molecule has 72 valence electrons. The summed E-state index contributed by atoms with van der Waals surface area (Å²) in [4.78, 5) is 0. The first-order chi connectivity index (χ1) is 5.55. The second kappa shape index (κ2) is 3.94. The van der Waals surface area contributed by atoms with Crippen molar-refractivity contribution in [3.05, 3.63) is 0 Å². The highest BCUT2D eigenvalue weighted by Crippen LogP contribution is 2.25. The Balaban J connectivity index is 2.64. The van der Waals surface area contributed by atoms with E-state index in [1.807, 2.05) is 0 Å². The van der Waals surface area contributed by atoms with Crippen molar-refractivity contribution in [2.75, 3.05) is 6.54 Å². The van der Waals surface area contributed by atoms with E-state index in [1.165, 1.54) is 4.31 Å². The monoisotopic (exact) mass is 211 g/mol. The quantitative estimate of drug-likeness (QED) is 0.667. The van der Waals surface area contributed by atoms with Gasteiger partial charge in [0.25, 0.3) is 9.24 Å². The maximum absolute atomic E-state index is 11.0. The highest BCUT2D eigenvalue weighted by Gasteiger charge is 2.31. The summed E-state index contributed by atoms with van der Waals surface area (Å²) in [5.41, 5.74) is 0. The SMILES string of the molecule is CCCC1CCCN1S(=O)(=O)Cl. The smallest absolute Gasteiger partial charge is 0.195 e. The third-order valence-electron chi connectivity index (χ3n) is 2.23. The predicted molar refractivity (Wildman–Crippen MR) is 49.4 cm³/mol. The Morgan fingerprint density at radius 3 is 2.75 bits per heavy atom. The molecule has 1 atom stereocenters. The van der Waals surface area contributed by atoms with E-state index in [2.05, 4.69) is 6.92 Å². The standard InChI is InChI=1S/C7H14ClNO2S/c1-2-4-7-5-3-6-9(7)12(8,10)11/h7H,2-6H2,1H3. The highest BCUT2D eigenvalue weighted by atomic mass is 35.7. The normalized spacial score (nSPS) is 26.3. The minimum Gasteiger partial charge on any atom is -0.195 e. The van der Waals surface area contributed by atoms with Crippen LogP contribution in [-0.4, -0.2) is 25.3 Å². The van der Waals surface area contributed by atoms with Crippen LogP contribution >= 0.6 is 10.7 Å². The summed E-state index contributed by atoms with van der Waals surface area (Å²) in [6.45, 7) is 2.65. The first kappa shape index (κ1) is 10.3. The maximum Gasteiger partial charge on any atom is 0.300 e. The van der Waals surface area contributed by atoms with E-state index in [0.717, 1.165) is 25.7 Å². The van der Waals surface area contributed by atoms with Crippen molar-refractivity contribution in [3.8, 4) is 0 Å². The van der Waals surface area contributed by atoms with Crippen LogP contribution in [0.2, 0.25) is 0 Å². The zero-order valence-electron chi connectivity index (χ0n) is 7.16. The molecule has 1 saturated heterocycles. The molecule has 0 radical (unpaired) electrons. The summed E-state index contributed by atoms with van der Waals surface area (Å²) in [6, 6.07) is 0.150. The molecule has 1 aliphatic heterocycles. The fraction of sp³-hybridized carbons (Fsp3) is 1.00. The van der Waals surface area contributed by atoms with Gasteiger partial charge >= 0.3 is 0 Å². The molecular formula is C7H14ClNO2S. The predicted octanol–water partition coefficient (Wildman–Crippen LogP) is 1.73. The fourth-order valence-electron chi connectivity index (χ4n) is 1.72. The third-order valence-corrected chi connectivity index (χ3v) is 3.80. The first-order valence-corrected chi connectivity index (χ1v) is 6.53. The zero-order chi connectivity index (χ0) is 9.19. The van der Waals surface area contributed by atoms with Crippen LogP contribution in [0.1, 0.15) is 32.6 Å². The lowest BCUT2D eigenvalue weighted by atomic mass is 10.1. The van der Waals surface area contributed by atoms with Crippen LogP contribution in [0.5, 0.6) is 0 Å². The summed E-state index contributed by atoms with van der Waals surface area (Å²) >= 11 is 0. The number of halogens is 1. The van der Waals surface area contributed by atoms with Crippen molar-refractivity contribution in [3.63, 3.8) is 0 Å². The van der Waals surface area contributed by atoms with E-state index >= 15 is 0 Å². The van der Waals surface area contributed by atoms with Gasteiger partial charge in [0.1, 0.15) is 0 Å². The lowest BCUT2D eigenvalue weighted by molar-refractivity contribution is 0.376. The molecule has 1 unspecified atom stereocenters. The Bertz CT molecular complexity index is 240. The van der Waals surface area contributed by atoms with Crippen LogP contribution in [0.25, 0.3) is 0 Å². The Hall–Kier alpha value is 0.200. The van der Waals surface area contributed by atoms with E-state index in [-0.39, 0.29) is 6.04 Å². The molecule has 3 nitrogen and oxygen atoms in total. The molecule has 1 fully saturated rings. The Labute approximate surface area is 78.3 Å². The van der Waals surface area contributed by atoms with Gasteiger partial charge in [-0.2, -0.15) is 12.7 Å². The molecule has 12 heavy (non-hydrogen) atoms. The Kier molecular flexibility index (Phi) is 3.37. The lowest BCUT2D eigenvalue weighted by Crippen LogP contribution is -2.32. The van der Waals surface area contributed by atoms with Crippen molar-refractivity contribution in [1.29, 1.82) is 0 Å². The number of nitrogens with zero attached hydrogens (tertiary/aromatic N) is 1. The summed E-state index contributed by atoms with van der Waals surface area (Å²) in [5.74, 6) is 0. The third kappa shape index (κ3) is 2.34. The van der Waals surface area contributed by atoms with Crippen molar-refractivity contribution < 1.29 is 8.42 Å². The zero-order valence-corrected chi connectivity index (χ0v) is 8.74. The molecule has 0 aromatic rings. The van der Waals surface area contributed by atoms with Crippen LogP contribution in [0.15, 0.2) is 0 Å². The number of hydrogen-bond donors (Lipinski definition) is 0. The van der Waals surface area contributed by atoms with Crippen LogP contribution in [0.3, 0.4) is 0 Å². The molecule has 0 saturated carbocycles. The molecule has 0 amide bonds. The Morgan fingerprint density at radius 2 is 2.25 bits per heavy atom. The van der Waals surface area contributed by atoms with Gasteiger partial charge in [-0.05, 0) is 19.3 Å². The van der Waals surface area contributed by atoms with Crippen LogP contribution in [0, 0.1) is 0 Å². The molecule has 5 heteroatoms. The molecule has 0 bridgehead atoms. The fourth-order valence-corrected chi connectivity index (χ4v) is 3.18. The molecule has 1 aliphatic rings. The van der Waals surface area contributed by atoms with Crippen molar-refractivity contribution in [2.45, 2.75) is 38.6 Å². The van der Waals surface area contributed by atoms with Gasteiger partial charge in [0.15, 0.2) is 0 Å². The Morgan fingerprint density at radius 1 is 1.58 bits per heavy atom. The topological polar surface area (TPSA) is 37.4 Å². The molecule has 1 rings (SSSR count). The lowest BCUT2D eigenvalue weighted by Gasteiger charge is -2.19. The molecule has 0 N–H and O–H groups in total. The number of rotatable bonds is 3. The largest absolute Gasteiger partial charge is 0.300 e. The molecule has 1 heterocycles. The van der Waals surface area contributed by atoms with Gasteiger partial charge in [0, 0.05) is 23.3 Å². The minimum absolute atomic E-state index is 0.150. The van der Waals surface area contributed by atoms with Crippen molar-refractivity contribution in [2.24, 2.45) is 0 Å². The van der Waals surface area contributed by atoms with E-state index in [1.54, 1.807) is 0 Å². The highest BCUT2D eigenvalue weighted by molar-refractivity contribution is 8.11. The first-order valence-electron chi connectivity index (χ1n) is 4.27. The number of hydrogen-bond acceptors (Lipinski definition) is 2. The van der Waals surface area contributed by atoms with E-state index in [0.29, 0.717) is 6.54 Å². The molecule has 0 aromatic carbocycles. The van der Waals surface area contributed by atoms with Crippen molar-refractivity contribution >= 4 is 19.9 Å². The van der Waals surface area contributed by atoms with Crippen LogP contribution < -0.4 is 0 Å². The van der Waals surface area contributed by atoms with Crippen LogP contribution in [0.4, 0.5) is 0 Å². The molecule has 0 spiro atoms. The minimum atomic E-state index is -3.47. The second-order valence-electron chi connectivity index (χ2n) is 3.14. The second-order valence-corrected chi connectivity index (χ2v) is 5.60. The van der Waals surface area contributed by atoms with Crippen LogP contribution in [-0.2, 0) is 9.24 Å². The van der Waals surface area contributed by atoms with Gasteiger partial charge in [0.2, 0.25) is 0 Å². The molecular weight excluding hydrogens is 198 g/mol.